The number of hydrogen-bond donors (Lipinski definition) is 1. The van der Waals surface area contributed by atoms with Gasteiger partial charge in [-0.05, 0) is 18.2 Å². The highest BCUT2D eigenvalue weighted by Gasteiger charge is 2.13. The van der Waals surface area contributed by atoms with Gasteiger partial charge in [-0.25, -0.2) is 0 Å². The summed E-state index contributed by atoms with van der Waals surface area (Å²) in [5, 5.41) is 2.43. The molecule has 1 heterocycles. The third-order valence-corrected chi connectivity index (χ3v) is 2.72. The Morgan fingerprint density at radius 1 is 1.29 bits per heavy atom. The van der Waals surface area contributed by atoms with Gasteiger partial charge < -0.3 is 14.6 Å². The number of rotatable bonds is 4. The molecule has 0 bridgehead atoms. The van der Waals surface area contributed by atoms with E-state index in [9.17, 15) is 18.4 Å². The molecule has 0 unspecified atom stereocenters. The Morgan fingerprint density at radius 3 is 2.67 bits per heavy atom. The molecule has 0 spiro atoms. The van der Waals surface area contributed by atoms with E-state index in [-0.39, 0.29) is 22.6 Å². The number of para-hydroxylation sites is 2. The second kappa shape index (κ2) is 6.17. The van der Waals surface area contributed by atoms with E-state index in [1.165, 1.54) is 35.0 Å². The van der Waals surface area contributed by atoms with Gasteiger partial charge in [0, 0.05) is 24.9 Å². The molecule has 0 saturated heterocycles. The summed E-state index contributed by atoms with van der Waals surface area (Å²) in [5.41, 5.74) is -0.117. The number of amides is 1. The molecule has 110 valence electrons. The van der Waals surface area contributed by atoms with Crippen LogP contribution in [0.5, 0.6) is 5.75 Å². The Bertz CT molecular complexity index is 713. The number of carbonyl (C=O) groups is 1. The monoisotopic (exact) mass is 294 g/mol. The Morgan fingerprint density at radius 2 is 2.00 bits per heavy atom. The second-order valence-electron chi connectivity index (χ2n) is 4.19. The fraction of sp³-hybridized carbons (Fsp3) is 0.143. The van der Waals surface area contributed by atoms with Crippen LogP contribution in [-0.4, -0.2) is 17.1 Å². The number of anilines is 1. The second-order valence-corrected chi connectivity index (χ2v) is 4.19. The lowest BCUT2D eigenvalue weighted by molar-refractivity contribution is -0.0493. The van der Waals surface area contributed by atoms with Gasteiger partial charge in [-0.1, -0.05) is 12.1 Å². The van der Waals surface area contributed by atoms with Crippen molar-refractivity contribution in [2.24, 2.45) is 7.05 Å². The Labute approximate surface area is 118 Å². The van der Waals surface area contributed by atoms with Crippen molar-refractivity contribution in [1.82, 2.24) is 4.57 Å². The van der Waals surface area contributed by atoms with Crippen molar-refractivity contribution in [3.63, 3.8) is 0 Å². The predicted molar refractivity (Wildman–Crippen MR) is 72.7 cm³/mol. The summed E-state index contributed by atoms with van der Waals surface area (Å²) in [5.74, 6) is -0.734. The normalized spacial score (nSPS) is 10.5. The maximum Gasteiger partial charge on any atom is 0.387 e. The predicted octanol–water partition coefficient (Wildman–Crippen LogP) is 2.24. The van der Waals surface area contributed by atoms with Crippen LogP contribution in [0.15, 0.2) is 47.4 Å². The van der Waals surface area contributed by atoms with Gasteiger partial charge in [-0.15, -0.1) is 0 Å². The lowest BCUT2D eigenvalue weighted by Crippen LogP contribution is -2.20. The number of pyridine rings is 1. The number of nitrogens with zero attached hydrogens (tertiary/aromatic N) is 1. The van der Waals surface area contributed by atoms with Crippen LogP contribution in [0.4, 0.5) is 14.5 Å². The van der Waals surface area contributed by atoms with Crippen LogP contribution in [0.2, 0.25) is 0 Å². The van der Waals surface area contributed by atoms with Crippen LogP contribution < -0.4 is 15.6 Å². The van der Waals surface area contributed by atoms with Gasteiger partial charge in [0.2, 0.25) is 0 Å². The van der Waals surface area contributed by atoms with E-state index in [2.05, 4.69) is 10.1 Å². The number of benzene rings is 1. The van der Waals surface area contributed by atoms with Crippen LogP contribution in [0, 0.1) is 0 Å². The molecule has 0 aliphatic rings. The van der Waals surface area contributed by atoms with E-state index in [1.807, 2.05) is 0 Å². The minimum absolute atomic E-state index is 0.100. The van der Waals surface area contributed by atoms with Crippen molar-refractivity contribution in [1.29, 1.82) is 0 Å². The summed E-state index contributed by atoms with van der Waals surface area (Å²) >= 11 is 0. The van der Waals surface area contributed by atoms with Gasteiger partial charge in [-0.3, -0.25) is 9.59 Å². The first-order chi connectivity index (χ1) is 9.97. The van der Waals surface area contributed by atoms with Crippen LogP contribution in [0.25, 0.3) is 0 Å². The molecule has 2 rings (SSSR count). The number of aryl methyl sites for hydroxylation is 1. The lowest BCUT2D eigenvalue weighted by Gasteiger charge is -2.11. The molecule has 0 fully saturated rings. The van der Waals surface area contributed by atoms with Crippen molar-refractivity contribution >= 4 is 11.6 Å². The maximum absolute atomic E-state index is 12.3. The molecule has 2 aromatic rings. The van der Waals surface area contributed by atoms with Crippen molar-refractivity contribution in [3.05, 3.63) is 58.5 Å². The average molecular weight is 294 g/mol. The molecule has 21 heavy (non-hydrogen) atoms. The van der Waals surface area contributed by atoms with Crippen LogP contribution in [-0.2, 0) is 7.05 Å². The first-order valence-electron chi connectivity index (χ1n) is 5.99. The molecule has 0 saturated carbocycles. The minimum Gasteiger partial charge on any atom is -0.433 e. The molecule has 1 aromatic carbocycles. The third-order valence-electron chi connectivity index (χ3n) is 2.72. The van der Waals surface area contributed by atoms with Crippen LogP contribution in [0.1, 0.15) is 10.4 Å². The summed E-state index contributed by atoms with van der Waals surface area (Å²) in [6.45, 7) is -2.99. The molecule has 0 radical (unpaired) electrons. The van der Waals surface area contributed by atoms with E-state index in [0.29, 0.717) is 0 Å². The highest BCUT2D eigenvalue weighted by Crippen LogP contribution is 2.25. The van der Waals surface area contributed by atoms with Gasteiger partial charge >= 0.3 is 6.61 Å². The summed E-state index contributed by atoms with van der Waals surface area (Å²) in [6, 6.07) is 8.42. The van der Waals surface area contributed by atoms with Gasteiger partial charge in [0.15, 0.2) is 0 Å². The van der Waals surface area contributed by atoms with Crippen molar-refractivity contribution < 1.29 is 18.3 Å². The van der Waals surface area contributed by atoms with Crippen molar-refractivity contribution in [3.8, 4) is 5.75 Å². The topological polar surface area (TPSA) is 60.3 Å². The molecule has 5 nitrogen and oxygen atoms in total. The Balaban J connectivity index is 2.23. The summed E-state index contributed by atoms with van der Waals surface area (Å²) in [7, 11) is 1.55. The fourth-order valence-corrected chi connectivity index (χ4v) is 1.65. The quantitative estimate of drug-likeness (QED) is 0.940. The zero-order chi connectivity index (χ0) is 15.4. The number of aromatic nitrogens is 1. The first kappa shape index (κ1) is 14.7. The van der Waals surface area contributed by atoms with E-state index in [4.69, 9.17) is 0 Å². The smallest absolute Gasteiger partial charge is 0.387 e. The molecule has 1 amide bonds. The molecular formula is C14H12F2N2O3. The number of ether oxygens (including phenoxy) is 1. The number of nitrogens with one attached hydrogen (secondary N) is 1. The molecule has 7 heteroatoms. The number of carbonyl (C=O) groups excluding carboxylic acids is 1. The molecular weight excluding hydrogens is 282 g/mol. The number of halogens is 2. The summed E-state index contributed by atoms with van der Waals surface area (Å²) in [6.07, 6.45) is 1.44. The highest BCUT2D eigenvalue weighted by atomic mass is 19.3. The molecule has 0 aliphatic carbocycles. The van der Waals surface area contributed by atoms with Crippen molar-refractivity contribution in [2.75, 3.05) is 5.32 Å². The average Bonchev–Trinajstić information content (AvgIpc) is 2.43. The Kier molecular flexibility index (Phi) is 4.32. The van der Waals surface area contributed by atoms with Crippen molar-refractivity contribution in [2.45, 2.75) is 6.61 Å². The van der Waals surface area contributed by atoms with E-state index in [1.54, 1.807) is 13.1 Å². The lowest BCUT2D eigenvalue weighted by atomic mass is 10.2. The van der Waals surface area contributed by atoms with Gasteiger partial charge in [-0.2, -0.15) is 8.78 Å². The van der Waals surface area contributed by atoms with Crippen LogP contribution >= 0.6 is 0 Å². The number of alkyl halides is 2. The SMILES string of the molecule is Cn1ccc(C(=O)Nc2ccccc2OC(F)F)cc1=O. The third kappa shape index (κ3) is 3.65. The molecule has 0 aliphatic heterocycles. The summed E-state index contributed by atoms with van der Waals surface area (Å²) in [4.78, 5) is 23.5. The van der Waals surface area contributed by atoms with E-state index >= 15 is 0 Å². The van der Waals surface area contributed by atoms with Gasteiger partial charge in [0.05, 0.1) is 5.69 Å². The first-order valence-corrected chi connectivity index (χ1v) is 5.99. The van der Waals surface area contributed by atoms with Gasteiger partial charge in [0.1, 0.15) is 5.75 Å². The molecule has 1 N–H and O–H groups in total. The van der Waals surface area contributed by atoms with Crippen LogP contribution in [0.3, 0.4) is 0 Å². The van der Waals surface area contributed by atoms with E-state index < -0.39 is 12.5 Å². The molecule has 1 aromatic heterocycles. The fourth-order valence-electron chi connectivity index (χ4n) is 1.65. The number of hydrogen-bond acceptors (Lipinski definition) is 3. The zero-order valence-corrected chi connectivity index (χ0v) is 11.0. The maximum atomic E-state index is 12.3. The minimum atomic E-state index is -2.99. The van der Waals surface area contributed by atoms with E-state index in [0.717, 1.165) is 6.07 Å². The highest BCUT2D eigenvalue weighted by molar-refractivity contribution is 6.04. The summed E-state index contributed by atoms with van der Waals surface area (Å²) < 4.78 is 30.2. The Hall–Kier alpha value is -2.70. The largest absolute Gasteiger partial charge is 0.433 e. The zero-order valence-electron chi connectivity index (χ0n) is 11.0. The molecule has 0 atom stereocenters. The standard InChI is InChI=1S/C14H12F2N2O3/c1-18-7-6-9(8-12(18)19)13(20)17-10-4-2-3-5-11(10)21-14(15)16/h2-8,14H,1H3,(H,17,20). The van der Waals surface area contributed by atoms with Gasteiger partial charge in [0.25, 0.3) is 11.5 Å².